The van der Waals surface area contributed by atoms with Gasteiger partial charge in [-0.3, -0.25) is 4.79 Å². The van der Waals surface area contributed by atoms with Crippen LogP contribution >= 0.6 is 0 Å². The van der Waals surface area contributed by atoms with E-state index < -0.39 is 23.2 Å². The predicted molar refractivity (Wildman–Crippen MR) is 89.1 cm³/mol. The summed E-state index contributed by atoms with van der Waals surface area (Å²) in [6.07, 6.45) is 2.45. The molecule has 25 heavy (non-hydrogen) atoms. The third-order valence-corrected chi connectivity index (χ3v) is 4.48. The zero-order valence-electron chi connectivity index (χ0n) is 15.2. The number of carbonyl (C=O) groups excluding carboxylic acids is 2. The van der Waals surface area contributed by atoms with Crippen molar-refractivity contribution < 1.29 is 29.0 Å². The van der Waals surface area contributed by atoms with Gasteiger partial charge in [-0.1, -0.05) is 0 Å². The first kappa shape index (κ1) is 19.5. The van der Waals surface area contributed by atoms with E-state index in [2.05, 4.69) is 5.32 Å². The van der Waals surface area contributed by atoms with Crippen LogP contribution in [0.1, 0.15) is 52.9 Å². The molecule has 2 heterocycles. The van der Waals surface area contributed by atoms with Gasteiger partial charge >= 0.3 is 12.1 Å². The zero-order chi connectivity index (χ0) is 18.7. The van der Waals surface area contributed by atoms with Crippen LogP contribution in [-0.4, -0.2) is 64.9 Å². The third kappa shape index (κ3) is 5.32. The molecule has 2 unspecified atom stereocenters. The monoisotopic (exact) mass is 356 g/mol. The van der Waals surface area contributed by atoms with Crippen molar-refractivity contribution in [3.8, 4) is 0 Å². The van der Waals surface area contributed by atoms with Gasteiger partial charge in [0.05, 0.1) is 12.6 Å². The first-order chi connectivity index (χ1) is 11.6. The van der Waals surface area contributed by atoms with E-state index in [0.717, 1.165) is 19.4 Å². The van der Waals surface area contributed by atoms with E-state index >= 15 is 0 Å². The summed E-state index contributed by atoms with van der Waals surface area (Å²) >= 11 is 0. The van der Waals surface area contributed by atoms with E-state index in [4.69, 9.17) is 9.47 Å². The lowest BCUT2D eigenvalue weighted by Gasteiger charge is -2.28. The van der Waals surface area contributed by atoms with Crippen LogP contribution in [0.5, 0.6) is 0 Å². The van der Waals surface area contributed by atoms with Crippen molar-refractivity contribution >= 4 is 18.0 Å². The molecule has 2 N–H and O–H groups in total. The van der Waals surface area contributed by atoms with Gasteiger partial charge in [0.15, 0.2) is 5.54 Å². The van der Waals surface area contributed by atoms with Gasteiger partial charge in [-0.15, -0.1) is 0 Å². The van der Waals surface area contributed by atoms with Crippen LogP contribution in [0.4, 0.5) is 4.79 Å². The van der Waals surface area contributed by atoms with E-state index in [9.17, 15) is 19.5 Å². The SMILES string of the molecule is CC(C)(C)OC(=O)NC1(C(=O)O)CCN(C(=O)CCC2CCCO2)C1. The summed E-state index contributed by atoms with van der Waals surface area (Å²) in [6, 6.07) is 0. The van der Waals surface area contributed by atoms with Crippen molar-refractivity contribution in [3.05, 3.63) is 0 Å². The van der Waals surface area contributed by atoms with Crippen molar-refractivity contribution in [1.29, 1.82) is 0 Å². The van der Waals surface area contributed by atoms with Gasteiger partial charge in [-0.2, -0.15) is 0 Å². The van der Waals surface area contributed by atoms with Crippen molar-refractivity contribution in [2.45, 2.75) is 70.1 Å². The van der Waals surface area contributed by atoms with Gasteiger partial charge in [0.2, 0.25) is 5.91 Å². The molecule has 142 valence electrons. The lowest BCUT2D eigenvalue weighted by Crippen LogP contribution is -2.57. The minimum Gasteiger partial charge on any atom is -0.479 e. The van der Waals surface area contributed by atoms with Gasteiger partial charge in [-0.05, 0) is 40.0 Å². The molecule has 2 saturated heterocycles. The molecule has 2 aliphatic heterocycles. The standard InChI is InChI=1S/C17H28N2O6/c1-16(2,3)25-15(23)18-17(14(21)22)8-9-19(11-17)13(20)7-6-12-5-4-10-24-12/h12H,4-11H2,1-3H3,(H,18,23)(H,21,22). The second kappa shape index (κ2) is 7.59. The largest absolute Gasteiger partial charge is 0.479 e. The number of nitrogens with zero attached hydrogens (tertiary/aromatic N) is 1. The summed E-state index contributed by atoms with van der Waals surface area (Å²) in [5.41, 5.74) is -2.22. The Morgan fingerprint density at radius 1 is 1.36 bits per heavy atom. The molecule has 0 radical (unpaired) electrons. The third-order valence-electron chi connectivity index (χ3n) is 4.48. The van der Waals surface area contributed by atoms with Crippen molar-refractivity contribution in [1.82, 2.24) is 10.2 Å². The van der Waals surface area contributed by atoms with Crippen molar-refractivity contribution in [2.75, 3.05) is 19.7 Å². The molecule has 0 aromatic rings. The summed E-state index contributed by atoms with van der Waals surface area (Å²) in [7, 11) is 0. The smallest absolute Gasteiger partial charge is 0.408 e. The quantitative estimate of drug-likeness (QED) is 0.774. The Bertz CT molecular complexity index is 524. The van der Waals surface area contributed by atoms with Gasteiger partial charge in [-0.25, -0.2) is 9.59 Å². The van der Waals surface area contributed by atoms with E-state index in [1.54, 1.807) is 20.8 Å². The Labute approximate surface area is 147 Å². The Hall–Kier alpha value is -1.83. The van der Waals surface area contributed by atoms with E-state index in [1.807, 2.05) is 0 Å². The van der Waals surface area contributed by atoms with Crippen LogP contribution in [0.25, 0.3) is 0 Å². The molecular weight excluding hydrogens is 328 g/mol. The highest BCUT2D eigenvalue weighted by molar-refractivity contribution is 5.87. The second-order valence-electron chi connectivity index (χ2n) is 7.75. The molecule has 2 aliphatic rings. The molecule has 8 nitrogen and oxygen atoms in total. The zero-order valence-corrected chi connectivity index (χ0v) is 15.2. The fraction of sp³-hybridized carbons (Fsp3) is 0.824. The van der Waals surface area contributed by atoms with Gasteiger partial charge < -0.3 is 24.8 Å². The number of likely N-dealkylation sites (tertiary alicyclic amines) is 1. The summed E-state index contributed by atoms with van der Waals surface area (Å²) < 4.78 is 10.7. The van der Waals surface area contributed by atoms with Crippen LogP contribution in [0.3, 0.4) is 0 Å². The van der Waals surface area contributed by atoms with Crippen LogP contribution in [0, 0.1) is 0 Å². The summed E-state index contributed by atoms with van der Waals surface area (Å²) in [4.78, 5) is 37.6. The number of nitrogens with one attached hydrogen (secondary N) is 1. The van der Waals surface area contributed by atoms with Crippen LogP contribution in [-0.2, 0) is 19.1 Å². The number of carboxylic acid groups (broad SMARTS) is 1. The number of hydrogen-bond acceptors (Lipinski definition) is 5. The number of carbonyl (C=O) groups is 3. The van der Waals surface area contributed by atoms with Crippen LogP contribution in [0.2, 0.25) is 0 Å². The van der Waals surface area contributed by atoms with E-state index in [0.29, 0.717) is 19.4 Å². The van der Waals surface area contributed by atoms with Crippen LogP contribution in [0.15, 0.2) is 0 Å². The predicted octanol–water partition coefficient (Wildman–Crippen LogP) is 1.53. The molecule has 2 amide bonds. The normalized spacial score (nSPS) is 26.5. The minimum atomic E-state index is -1.50. The molecule has 2 rings (SSSR count). The summed E-state index contributed by atoms with van der Waals surface area (Å²) in [5, 5.41) is 12.0. The Balaban J connectivity index is 1.91. The van der Waals surface area contributed by atoms with Crippen molar-refractivity contribution in [3.63, 3.8) is 0 Å². The fourth-order valence-corrected chi connectivity index (χ4v) is 3.17. The van der Waals surface area contributed by atoms with Gasteiger partial charge in [0.25, 0.3) is 0 Å². The topological polar surface area (TPSA) is 105 Å². The first-order valence-corrected chi connectivity index (χ1v) is 8.75. The lowest BCUT2D eigenvalue weighted by atomic mass is 9.99. The number of ether oxygens (including phenoxy) is 2. The molecule has 2 atom stereocenters. The average Bonchev–Trinajstić information content (AvgIpc) is 3.12. The summed E-state index contributed by atoms with van der Waals surface area (Å²) in [5.74, 6) is -1.27. The molecular formula is C17H28N2O6. The first-order valence-electron chi connectivity index (χ1n) is 8.75. The second-order valence-corrected chi connectivity index (χ2v) is 7.75. The van der Waals surface area contributed by atoms with Gasteiger partial charge in [0, 0.05) is 26.0 Å². The number of hydrogen-bond donors (Lipinski definition) is 2. The Morgan fingerprint density at radius 2 is 2.08 bits per heavy atom. The van der Waals surface area contributed by atoms with Gasteiger partial charge in [0.1, 0.15) is 5.60 Å². The molecule has 0 spiro atoms. The number of amides is 2. The molecule has 0 aromatic carbocycles. The average molecular weight is 356 g/mol. The number of aliphatic carboxylic acids is 1. The molecule has 0 aromatic heterocycles. The molecule has 0 bridgehead atoms. The van der Waals surface area contributed by atoms with E-state index in [1.165, 1.54) is 4.90 Å². The molecule has 0 aliphatic carbocycles. The highest BCUT2D eigenvalue weighted by atomic mass is 16.6. The number of alkyl carbamates (subject to hydrolysis) is 1. The maximum absolute atomic E-state index is 12.4. The van der Waals surface area contributed by atoms with Crippen molar-refractivity contribution in [2.24, 2.45) is 0 Å². The molecule has 0 saturated carbocycles. The number of rotatable bonds is 5. The molecule has 2 fully saturated rings. The van der Waals surface area contributed by atoms with E-state index in [-0.39, 0.29) is 25.0 Å². The molecule has 8 heteroatoms. The Kier molecular flexibility index (Phi) is 5.92. The number of carboxylic acids is 1. The maximum atomic E-state index is 12.4. The highest BCUT2D eigenvalue weighted by Gasteiger charge is 2.48. The minimum absolute atomic E-state index is 0.0497. The summed E-state index contributed by atoms with van der Waals surface area (Å²) in [6.45, 7) is 6.10. The van der Waals surface area contributed by atoms with Crippen LogP contribution < -0.4 is 5.32 Å². The maximum Gasteiger partial charge on any atom is 0.408 e. The fourth-order valence-electron chi connectivity index (χ4n) is 3.17. The lowest BCUT2D eigenvalue weighted by molar-refractivity contribution is -0.144. The highest BCUT2D eigenvalue weighted by Crippen LogP contribution is 2.25. The Morgan fingerprint density at radius 3 is 2.64 bits per heavy atom.